The van der Waals surface area contributed by atoms with Crippen molar-refractivity contribution in [2.24, 2.45) is 28.6 Å². The lowest BCUT2D eigenvalue weighted by atomic mass is 9.45. The summed E-state index contributed by atoms with van der Waals surface area (Å²) in [4.78, 5) is 13.2. The molecule has 6 N–H and O–H groups in total. The van der Waals surface area contributed by atoms with Crippen LogP contribution in [0.4, 0.5) is 0 Å². The van der Waals surface area contributed by atoms with Gasteiger partial charge in [-0.1, -0.05) is 13.8 Å². The smallest absolute Gasteiger partial charge is 0.159 e. The molecule has 34 heavy (non-hydrogen) atoms. The molecule has 3 fully saturated rings. The molecule has 0 aliphatic heterocycles. The van der Waals surface area contributed by atoms with Crippen LogP contribution in [-0.4, -0.2) is 72.0 Å². The van der Waals surface area contributed by atoms with E-state index in [1.165, 1.54) is 0 Å². The zero-order valence-corrected chi connectivity index (χ0v) is 21.1. The highest BCUT2D eigenvalue weighted by Crippen LogP contribution is 2.68. The second-order valence-electron chi connectivity index (χ2n) is 13.0. The fourth-order valence-corrected chi connectivity index (χ4v) is 8.45. The summed E-state index contributed by atoms with van der Waals surface area (Å²) in [6.07, 6.45) is 4.41. The number of aliphatic hydroxyl groups is 6. The zero-order chi connectivity index (χ0) is 25.3. The van der Waals surface area contributed by atoms with E-state index in [2.05, 4.69) is 0 Å². The molecular weight excluding hydrogens is 436 g/mol. The van der Waals surface area contributed by atoms with Gasteiger partial charge in [-0.15, -0.1) is 0 Å². The minimum atomic E-state index is -1.20. The van der Waals surface area contributed by atoms with Gasteiger partial charge in [0.15, 0.2) is 5.78 Å². The first-order chi connectivity index (χ1) is 15.6. The van der Waals surface area contributed by atoms with Crippen LogP contribution in [0.5, 0.6) is 0 Å². The summed E-state index contributed by atoms with van der Waals surface area (Å²) in [5, 5.41) is 63.9. The standard InChI is InChI=1S/C27H44O7/c1-23(32,15-28)8-5-9-26(4,33)22-7-11-27(34)17-12-19(29)18-13-20(30)21(31)14-24(18,2)16(17)6-10-25(22,27)3/h12,16,18,20-22,28,30-34H,5-11,13-15H2,1-4H3/t16-,18-,20+,21-,22-,23?,24+,25+,26-,27+/m0/s1. The maximum Gasteiger partial charge on any atom is 0.159 e. The SMILES string of the molecule is CC(O)(CO)CCC[C@](C)(O)[C@H]1CC[C@@]2(O)C3=CC(=O)[C@@H]4C[C@@H](O)[C@@H](O)C[C@]4(C)[C@H]3CC[C@]12C. The fraction of sp³-hybridized carbons (Fsp3) is 0.889. The van der Waals surface area contributed by atoms with E-state index in [0.29, 0.717) is 44.9 Å². The Morgan fingerprint density at radius 3 is 2.35 bits per heavy atom. The first-order valence-corrected chi connectivity index (χ1v) is 13.0. The molecule has 0 aromatic rings. The van der Waals surface area contributed by atoms with Crippen LogP contribution in [-0.2, 0) is 4.79 Å². The van der Waals surface area contributed by atoms with Crippen molar-refractivity contribution in [2.75, 3.05) is 6.61 Å². The molecule has 1 unspecified atom stereocenters. The van der Waals surface area contributed by atoms with Gasteiger partial charge in [-0.05, 0) is 101 Å². The Labute approximate surface area is 202 Å². The summed E-state index contributed by atoms with van der Waals surface area (Å²) >= 11 is 0. The summed E-state index contributed by atoms with van der Waals surface area (Å²) in [6, 6.07) is 0. The molecule has 4 aliphatic rings. The predicted molar refractivity (Wildman–Crippen MR) is 127 cm³/mol. The van der Waals surface area contributed by atoms with Crippen molar-refractivity contribution in [1.82, 2.24) is 0 Å². The number of hydrogen-bond donors (Lipinski definition) is 6. The number of allylic oxidation sites excluding steroid dienone is 1. The lowest BCUT2D eigenvalue weighted by Gasteiger charge is -2.60. The molecule has 0 amide bonds. The summed E-state index contributed by atoms with van der Waals surface area (Å²) in [5.74, 6) is -0.643. The van der Waals surface area contributed by atoms with Gasteiger partial charge < -0.3 is 30.6 Å². The van der Waals surface area contributed by atoms with E-state index in [1.54, 1.807) is 13.0 Å². The first-order valence-electron chi connectivity index (χ1n) is 13.0. The van der Waals surface area contributed by atoms with Crippen LogP contribution >= 0.6 is 0 Å². The molecule has 0 heterocycles. The van der Waals surface area contributed by atoms with E-state index in [4.69, 9.17) is 0 Å². The van der Waals surface area contributed by atoms with Crippen LogP contribution in [0, 0.1) is 28.6 Å². The number of hydrogen-bond acceptors (Lipinski definition) is 7. The van der Waals surface area contributed by atoms with Crippen LogP contribution in [0.1, 0.15) is 85.5 Å². The number of carbonyl (C=O) groups excluding carboxylic acids is 1. The number of aliphatic hydroxyl groups excluding tert-OH is 3. The van der Waals surface area contributed by atoms with Gasteiger partial charge in [0, 0.05) is 11.3 Å². The van der Waals surface area contributed by atoms with Crippen LogP contribution in [0.3, 0.4) is 0 Å². The molecule has 194 valence electrons. The Balaban J connectivity index is 1.61. The molecule has 0 spiro atoms. The lowest BCUT2D eigenvalue weighted by molar-refractivity contribution is -0.160. The molecule has 3 saturated carbocycles. The Morgan fingerprint density at radius 1 is 1.03 bits per heavy atom. The largest absolute Gasteiger partial charge is 0.393 e. The third-order valence-electron chi connectivity index (χ3n) is 10.6. The van der Waals surface area contributed by atoms with Crippen molar-refractivity contribution < 1.29 is 35.4 Å². The van der Waals surface area contributed by atoms with Gasteiger partial charge >= 0.3 is 0 Å². The van der Waals surface area contributed by atoms with Crippen molar-refractivity contribution in [3.05, 3.63) is 11.6 Å². The molecule has 0 saturated heterocycles. The topological polar surface area (TPSA) is 138 Å². The fourth-order valence-electron chi connectivity index (χ4n) is 8.45. The molecular formula is C27H44O7. The van der Waals surface area contributed by atoms with E-state index < -0.39 is 39.8 Å². The molecule has 0 aromatic heterocycles. The van der Waals surface area contributed by atoms with Crippen molar-refractivity contribution in [3.8, 4) is 0 Å². The normalized spacial score (nSPS) is 47.6. The van der Waals surface area contributed by atoms with Crippen molar-refractivity contribution >= 4 is 5.78 Å². The Hall–Kier alpha value is -0.830. The van der Waals surface area contributed by atoms with E-state index >= 15 is 0 Å². The molecule has 7 heteroatoms. The van der Waals surface area contributed by atoms with E-state index in [9.17, 15) is 35.4 Å². The Bertz CT molecular complexity index is 850. The van der Waals surface area contributed by atoms with Crippen molar-refractivity contribution in [2.45, 2.75) is 114 Å². The molecule has 4 rings (SSSR count). The van der Waals surface area contributed by atoms with E-state index in [1.807, 2.05) is 20.8 Å². The second kappa shape index (κ2) is 8.35. The molecule has 10 atom stereocenters. The van der Waals surface area contributed by atoms with E-state index in [0.717, 1.165) is 12.0 Å². The quantitative estimate of drug-likeness (QED) is 0.341. The van der Waals surface area contributed by atoms with Crippen molar-refractivity contribution in [1.29, 1.82) is 0 Å². The monoisotopic (exact) mass is 480 g/mol. The van der Waals surface area contributed by atoms with Gasteiger partial charge in [0.2, 0.25) is 0 Å². The Morgan fingerprint density at radius 2 is 1.71 bits per heavy atom. The molecule has 7 nitrogen and oxygen atoms in total. The average Bonchev–Trinajstić information content (AvgIpc) is 3.02. The molecule has 0 aromatic carbocycles. The average molecular weight is 481 g/mol. The maximum absolute atomic E-state index is 13.2. The summed E-state index contributed by atoms with van der Waals surface area (Å²) < 4.78 is 0. The number of carbonyl (C=O) groups is 1. The van der Waals surface area contributed by atoms with Gasteiger partial charge in [-0.25, -0.2) is 0 Å². The van der Waals surface area contributed by atoms with Crippen LogP contribution in [0.15, 0.2) is 11.6 Å². The lowest BCUT2D eigenvalue weighted by Crippen LogP contribution is -2.61. The van der Waals surface area contributed by atoms with Gasteiger partial charge in [-0.3, -0.25) is 4.79 Å². The highest BCUT2D eigenvalue weighted by molar-refractivity contribution is 5.95. The number of fused-ring (bicyclic) bond motifs is 5. The second-order valence-corrected chi connectivity index (χ2v) is 13.0. The summed E-state index contributed by atoms with van der Waals surface area (Å²) in [6.45, 7) is 7.14. The van der Waals surface area contributed by atoms with Crippen LogP contribution in [0.2, 0.25) is 0 Å². The Kier molecular flexibility index (Phi) is 6.45. The molecule has 0 bridgehead atoms. The van der Waals surface area contributed by atoms with Gasteiger partial charge in [-0.2, -0.15) is 0 Å². The molecule has 0 radical (unpaired) electrons. The minimum absolute atomic E-state index is 0.0428. The van der Waals surface area contributed by atoms with Gasteiger partial charge in [0.05, 0.1) is 35.6 Å². The zero-order valence-electron chi connectivity index (χ0n) is 21.1. The van der Waals surface area contributed by atoms with Crippen LogP contribution < -0.4 is 0 Å². The third-order valence-corrected chi connectivity index (χ3v) is 10.6. The highest BCUT2D eigenvalue weighted by atomic mass is 16.3. The minimum Gasteiger partial charge on any atom is -0.393 e. The van der Waals surface area contributed by atoms with E-state index in [-0.39, 0.29) is 36.6 Å². The van der Waals surface area contributed by atoms with Gasteiger partial charge in [0.25, 0.3) is 0 Å². The number of ketones is 1. The predicted octanol–water partition coefficient (Wildman–Crippen LogP) is 1.86. The van der Waals surface area contributed by atoms with Crippen LogP contribution in [0.25, 0.3) is 0 Å². The van der Waals surface area contributed by atoms with Gasteiger partial charge in [0.1, 0.15) is 0 Å². The third kappa shape index (κ3) is 3.82. The first kappa shape index (κ1) is 26.2. The number of rotatable bonds is 6. The van der Waals surface area contributed by atoms with Crippen molar-refractivity contribution in [3.63, 3.8) is 0 Å². The summed E-state index contributed by atoms with van der Waals surface area (Å²) in [7, 11) is 0. The molecule has 4 aliphatic carbocycles. The maximum atomic E-state index is 13.2. The summed E-state index contributed by atoms with van der Waals surface area (Å²) in [5.41, 5.74) is -3.79. The highest BCUT2D eigenvalue weighted by Gasteiger charge is 2.68.